The van der Waals surface area contributed by atoms with E-state index in [1.54, 1.807) is 37.3 Å². The van der Waals surface area contributed by atoms with Gasteiger partial charge in [-0.25, -0.2) is 27.3 Å². The van der Waals surface area contributed by atoms with E-state index in [4.69, 9.17) is 4.74 Å². The fourth-order valence-corrected chi connectivity index (χ4v) is 3.49. The van der Waals surface area contributed by atoms with Crippen LogP contribution in [0.1, 0.15) is 16.8 Å². The summed E-state index contributed by atoms with van der Waals surface area (Å²) in [7, 11) is 1.49. The summed E-state index contributed by atoms with van der Waals surface area (Å²) < 4.78 is 47.9. The summed E-state index contributed by atoms with van der Waals surface area (Å²) in [6.45, 7) is 0.824. The average Bonchev–Trinajstić information content (AvgIpc) is 2.84. The quantitative estimate of drug-likeness (QED) is 0.379. The molecule has 0 atom stereocenters. The van der Waals surface area contributed by atoms with Gasteiger partial charge in [0.1, 0.15) is 5.75 Å². The summed E-state index contributed by atoms with van der Waals surface area (Å²) >= 11 is 0. The maximum Gasteiger partial charge on any atom is 0.355 e. The molecule has 0 aliphatic heterocycles. The molecular formula is C24H20F3N5O4. The van der Waals surface area contributed by atoms with Gasteiger partial charge in [0.05, 0.1) is 20.2 Å². The highest BCUT2D eigenvalue weighted by atomic mass is 19.2. The molecule has 0 radical (unpaired) electrons. The molecule has 12 heteroatoms. The van der Waals surface area contributed by atoms with Gasteiger partial charge in [0.15, 0.2) is 17.5 Å². The number of methoxy groups -OCH3 is 1. The topological polar surface area (TPSA) is 111 Å². The van der Waals surface area contributed by atoms with Crippen LogP contribution >= 0.6 is 0 Å². The normalized spacial score (nSPS) is 10.9. The van der Waals surface area contributed by atoms with Crippen molar-refractivity contribution in [3.05, 3.63) is 114 Å². The minimum atomic E-state index is -1.65. The monoisotopic (exact) mass is 499 g/mol. The number of nitrogens with zero attached hydrogens (tertiary/aromatic N) is 3. The van der Waals surface area contributed by atoms with Gasteiger partial charge >= 0.3 is 11.4 Å². The number of nitrogens with one attached hydrogen (secondary N) is 2. The zero-order valence-corrected chi connectivity index (χ0v) is 19.1. The van der Waals surface area contributed by atoms with Crippen LogP contribution in [0.25, 0.3) is 0 Å². The van der Waals surface area contributed by atoms with Crippen molar-refractivity contribution in [2.45, 2.75) is 20.0 Å². The predicted octanol–water partition coefficient (Wildman–Crippen LogP) is 2.67. The van der Waals surface area contributed by atoms with E-state index in [1.807, 2.05) is 0 Å². The number of aromatic nitrogens is 4. The number of pyridine rings is 1. The zero-order valence-electron chi connectivity index (χ0n) is 19.1. The third kappa shape index (κ3) is 5.06. The Morgan fingerprint density at radius 2 is 1.61 bits per heavy atom. The Bertz CT molecular complexity index is 1590. The standard InChI is InChI=1S/C24H20F3N5O4/c1-13-3-4-15(21(33)28-13)12-32-23(34)30-22(29-16-5-7-17(36-2)8-6-16)31(24(32)35)11-14-9-18(25)20(27)19(26)10-14/h3-10H,11-12H2,1-2H3,(H,28,33)(H,29,30,34). The molecule has 2 N–H and O–H groups in total. The molecule has 9 nitrogen and oxygen atoms in total. The van der Waals surface area contributed by atoms with Crippen LogP contribution in [-0.2, 0) is 13.1 Å². The average molecular weight is 499 g/mol. The molecule has 0 amide bonds. The lowest BCUT2D eigenvalue weighted by molar-refractivity contribution is 0.415. The highest BCUT2D eigenvalue weighted by Crippen LogP contribution is 2.19. The first-order valence-electron chi connectivity index (χ1n) is 10.6. The van der Waals surface area contributed by atoms with Gasteiger partial charge in [-0.15, -0.1) is 0 Å². The van der Waals surface area contributed by atoms with Gasteiger partial charge in [0.2, 0.25) is 5.95 Å². The van der Waals surface area contributed by atoms with Gasteiger partial charge in [-0.1, -0.05) is 0 Å². The minimum Gasteiger partial charge on any atom is -0.497 e. The number of hydrogen-bond donors (Lipinski definition) is 2. The fraction of sp³-hybridized carbons (Fsp3) is 0.167. The Morgan fingerprint density at radius 3 is 2.22 bits per heavy atom. The number of aromatic amines is 1. The lowest BCUT2D eigenvalue weighted by Crippen LogP contribution is -2.43. The number of anilines is 2. The summed E-state index contributed by atoms with van der Waals surface area (Å²) in [5.74, 6) is -4.19. The number of hydrogen-bond acceptors (Lipinski definition) is 6. The lowest BCUT2D eigenvalue weighted by Gasteiger charge is -2.16. The molecule has 2 heterocycles. The van der Waals surface area contributed by atoms with E-state index < -0.39 is 47.5 Å². The van der Waals surface area contributed by atoms with Crippen LogP contribution in [-0.4, -0.2) is 26.2 Å². The van der Waals surface area contributed by atoms with E-state index in [2.05, 4.69) is 15.3 Å². The van der Waals surface area contributed by atoms with Gasteiger partial charge in [0, 0.05) is 16.9 Å². The number of benzene rings is 2. The summed E-state index contributed by atoms with van der Waals surface area (Å²) in [5, 5.41) is 2.83. The molecular weight excluding hydrogens is 479 g/mol. The van der Waals surface area contributed by atoms with Gasteiger partial charge in [-0.05, 0) is 61.0 Å². The molecule has 0 spiro atoms. The number of H-pyrrole nitrogens is 1. The highest BCUT2D eigenvalue weighted by molar-refractivity contribution is 5.54. The molecule has 0 bridgehead atoms. The molecule has 2 aromatic heterocycles. The number of halogens is 3. The van der Waals surface area contributed by atoms with Crippen LogP contribution in [0.2, 0.25) is 0 Å². The van der Waals surface area contributed by atoms with Crippen molar-refractivity contribution in [1.82, 2.24) is 19.1 Å². The Labute approximate surface area is 201 Å². The molecule has 4 aromatic rings. The van der Waals surface area contributed by atoms with Gasteiger partial charge in [0.25, 0.3) is 5.56 Å². The number of aryl methyl sites for hydroxylation is 1. The maximum atomic E-state index is 13.8. The molecule has 0 saturated carbocycles. The van der Waals surface area contributed by atoms with Crippen molar-refractivity contribution < 1.29 is 17.9 Å². The first-order chi connectivity index (χ1) is 17.2. The summed E-state index contributed by atoms with van der Waals surface area (Å²) in [5.41, 5.74) is -1.30. The van der Waals surface area contributed by atoms with Gasteiger partial charge < -0.3 is 15.0 Å². The number of rotatable bonds is 7. The van der Waals surface area contributed by atoms with Crippen LogP contribution in [0.15, 0.2) is 62.9 Å². The molecule has 0 unspecified atom stereocenters. The Balaban J connectivity index is 1.83. The third-order valence-electron chi connectivity index (χ3n) is 5.35. The maximum absolute atomic E-state index is 13.8. The third-order valence-corrected chi connectivity index (χ3v) is 5.35. The molecule has 0 saturated heterocycles. The van der Waals surface area contributed by atoms with E-state index in [9.17, 15) is 27.6 Å². The highest BCUT2D eigenvalue weighted by Gasteiger charge is 2.18. The second-order valence-corrected chi connectivity index (χ2v) is 7.90. The smallest absolute Gasteiger partial charge is 0.355 e. The second-order valence-electron chi connectivity index (χ2n) is 7.90. The van der Waals surface area contributed by atoms with Crippen molar-refractivity contribution in [3.63, 3.8) is 0 Å². The van der Waals surface area contributed by atoms with Crippen molar-refractivity contribution in [1.29, 1.82) is 0 Å². The largest absolute Gasteiger partial charge is 0.497 e. The van der Waals surface area contributed by atoms with E-state index in [0.717, 1.165) is 21.3 Å². The minimum absolute atomic E-state index is 0.0912. The van der Waals surface area contributed by atoms with Crippen LogP contribution in [0.5, 0.6) is 5.75 Å². The van der Waals surface area contributed by atoms with Crippen molar-refractivity contribution in [2.24, 2.45) is 0 Å². The predicted molar refractivity (Wildman–Crippen MR) is 125 cm³/mol. The Kier molecular flexibility index (Phi) is 6.77. The van der Waals surface area contributed by atoms with Gasteiger partial charge in [-0.2, -0.15) is 4.98 Å². The zero-order chi connectivity index (χ0) is 26.0. The van der Waals surface area contributed by atoms with E-state index in [0.29, 0.717) is 17.1 Å². The molecule has 2 aromatic carbocycles. The fourth-order valence-electron chi connectivity index (χ4n) is 3.49. The van der Waals surface area contributed by atoms with Crippen LogP contribution in [0, 0.1) is 24.4 Å². The first-order valence-corrected chi connectivity index (χ1v) is 10.6. The number of ether oxygens (including phenoxy) is 1. The van der Waals surface area contributed by atoms with Crippen molar-refractivity contribution in [2.75, 3.05) is 12.4 Å². The first kappa shape index (κ1) is 24.5. The molecule has 0 aliphatic carbocycles. The van der Waals surface area contributed by atoms with Crippen LogP contribution < -0.4 is 27.0 Å². The summed E-state index contributed by atoms with van der Waals surface area (Å²) in [6.07, 6.45) is 0. The Hall–Kier alpha value is -4.61. The Morgan fingerprint density at radius 1 is 0.944 bits per heavy atom. The van der Waals surface area contributed by atoms with E-state index >= 15 is 0 Å². The van der Waals surface area contributed by atoms with E-state index in [-0.39, 0.29) is 17.1 Å². The van der Waals surface area contributed by atoms with Crippen LogP contribution in [0.3, 0.4) is 0 Å². The molecule has 0 aliphatic rings. The van der Waals surface area contributed by atoms with E-state index in [1.165, 1.54) is 13.2 Å². The molecule has 36 heavy (non-hydrogen) atoms. The molecule has 4 rings (SSSR count). The molecule has 186 valence electrons. The van der Waals surface area contributed by atoms with Gasteiger partial charge in [-0.3, -0.25) is 9.36 Å². The lowest BCUT2D eigenvalue weighted by atomic mass is 10.2. The van der Waals surface area contributed by atoms with Crippen molar-refractivity contribution >= 4 is 11.6 Å². The molecule has 0 fully saturated rings. The van der Waals surface area contributed by atoms with Crippen LogP contribution in [0.4, 0.5) is 24.8 Å². The summed E-state index contributed by atoms with van der Waals surface area (Å²) in [4.78, 5) is 44.9. The van der Waals surface area contributed by atoms with Crippen molar-refractivity contribution in [3.8, 4) is 5.75 Å². The summed E-state index contributed by atoms with van der Waals surface area (Å²) in [6, 6.07) is 11.0. The SMILES string of the molecule is COc1ccc(Nc2nc(=O)n(Cc3ccc(C)[nH]c3=O)c(=O)n2Cc2cc(F)c(F)c(F)c2)cc1. The second kappa shape index (κ2) is 9.94.